The Morgan fingerprint density at radius 3 is 2.00 bits per heavy atom. The Morgan fingerprint density at radius 1 is 1.00 bits per heavy atom. The van der Waals surface area contributed by atoms with E-state index in [1.54, 1.807) is 0 Å². The number of esters is 1. The minimum absolute atomic E-state index is 0.0522. The average molecular weight is 202 g/mol. The molecule has 0 bridgehead atoms. The predicted molar refractivity (Wildman–Crippen MR) is 61.4 cm³/mol. The maximum absolute atomic E-state index is 10.8. The summed E-state index contributed by atoms with van der Waals surface area (Å²) < 4.78 is 4.78. The Labute approximate surface area is 89.0 Å². The largest absolute Gasteiger partial charge is 0.466 e. The van der Waals surface area contributed by atoms with Gasteiger partial charge in [0, 0.05) is 6.42 Å². The van der Waals surface area contributed by atoms with Gasteiger partial charge in [-0.2, -0.15) is 0 Å². The number of rotatable bonds is 6. The van der Waals surface area contributed by atoms with Crippen molar-refractivity contribution in [3.05, 3.63) is 0 Å². The molecule has 86 valence electrons. The first kappa shape index (κ1) is 15.9. The minimum Gasteiger partial charge on any atom is -0.466 e. The van der Waals surface area contributed by atoms with Crippen LogP contribution in [-0.2, 0) is 9.53 Å². The Bertz CT molecular complexity index is 111. The molecule has 0 heterocycles. The van der Waals surface area contributed by atoms with E-state index in [1.165, 1.54) is 19.3 Å². The van der Waals surface area contributed by atoms with E-state index in [9.17, 15) is 4.79 Å². The molecule has 0 atom stereocenters. The predicted octanol–water partition coefficient (Wildman–Crippen LogP) is 3.94. The lowest BCUT2D eigenvalue weighted by Crippen LogP contribution is -2.02. The Hall–Kier alpha value is -0.530. The first-order valence-corrected chi connectivity index (χ1v) is 5.88. The van der Waals surface area contributed by atoms with Gasteiger partial charge in [0.05, 0.1) is 6.61 Å². The van der Waals surface area contributed by atoms with E-state index in [4.69, 9.17) is 4.74 Å². The highest BCUT2D eigenvalue weighted by Gasteiger charge is 1.99. The molecular weight excluding hydrogens is 176 g/mol. The maximum atomic E-state index is 10.8. The third kappa shape index (κ3) is 17.5. The molecule has 0 fully saturated rings. The van der Waals surface area contributed by atoms with Gasteiger partial charge in [-0.25, -0.2) is 0 Å². The van der Waals surface area contributed by atoms with Crippen LogP contribution in [0.1, 0.15) is 66.2 Å². The zero-order chi connectivity index (χ0) is 11.2. The third-order valence-corrected chi connectivity index (χ3v) is 1.54. The van der Waals surface area contributed by atoms with Crippen LogP contribution in [0.15, 0.2) is 0 Å². The van der Waals surface area contributed by atoms with Crippen molar-refractivity contribution in [3.63, 3.8) is 0 Å². The molecule has 0 aliphatic rings. The summed E-state index contributed by atoms with van der Waals surface area (Å²) in [5.41, 5.74) is 0. The summed E-state index contributed by atoms with van der Waals surface area (Å²) in [6.45, 7) is 8.75. The van der Waals surface area contributed by atoms with Crippen molar-refractivity contribution in [3.8, 4) is 0 Å². The highest BCUT2D eigenvalue weighted by atomic mass is 16.5. The van der Waals surface area contributed by atoms with Crippen molar-refractivity contribution in [2.75, 3.05) is 6.61 Å². The zero-order valence-electron chi connectivity index (χ0n) is 10.3. The Balaban J connectivity index is 0. The molecule has 2 nitrogen and oxygen atoms in total. The second-order valence-electron chi connectivity index (χ2n) is 3.32. The van der Waals surface area contributed by atoms with Crippen LogP contribution in [0.2, 0.25) is 0 Å². The summed E-state index contributed by atoms with van der Waals surface area (Å²) in [4.78, 5) is 10.8. The third-order valence-electron chi connectivity index (χ3n) is 1.54. The quantitative estimate of drug-likeness (QED) is 0.482. The van der Waals surface area contributed by atoms with Gasteiger partial charge >= 0.3 is 5.97 Å². The average Bonchev–Trinajstić information content (AvgIpc) is 2.14. The van der Waals surface area contributed by atoms with E-state index in [1.807, 2.05) is 6.92 Å². The molecule has 0 spiro atoms. The number of ether oxygens (including phenoxy) is 1. The van der Waals surface area contributed by atoms with Crippen molar-refractivity contribution in [2.45, 2.75) is 66.2 Å². The fourth-order valence-electron chi connectivity index (χ4n) is 0.929. The van der Waals surface area contributed by atoms with Crippen LogP contribution in [-0.4, -0.2) is 12.6 Å². The van der Waals surface area contributed by atoms with Crippen LogP contribution in [0.5, 0.6) is 0 Å². The maximum Gasteiger partial charge on any atom is 0.305 e. The molecular formula is C12H26O2. The van der Waals surface area contributed by atoms with Gasteiger partial charge in [0.15, 0.2) is 0 Å². The molecule has 0 aromatic heterocycles. The van der Waals surface area contributed by atoms with Crippen molar-refractivity contribution < 1.29 is 9.53 Å². The van der Waals surface area contributed by atoms with Crippen LogP contribution in [0.25, 0.3) is 0 Å². The van der Waals surface area contributed by atoms with Crippen molar-refractivity contribution in [1.82, 2.24) is 0 Å². The molecule has 14 heavy (non-hydrogen) atoms. The van der Waals surface area contributed by atoms with E-state index >= 15 is 0 Å². The monoisotopic (exact) mass is 202 g/mol. The number of hydrogen-bond acceptors (Lipinski definition) is 2. The highest BCUT2D eigenvalue weighted by Crippen LogP contribution is 2.02. The summed E-state index contributed by atoms with van der Waals surface area (Å²) >= 11 is 0. The number of carbonyl (C=O) groups excluding carboxylic acids is 1. The summed E-state index contributed by atoms with van der Waals surface area (Å²) in [6, 6.07) is 0. The van der Waals surface area contributed by atoms with Gasteiger partial charge in [0.1, 0.15) is 0 Å². The van der Waals surface area contributed by atoms with Crippen LogP contribution in [0.3, 0.4) is 0 Å². The van der Waals surface area contributed by atoms with Gasteiger partial charge < -0.3 is 4.74 Å². The topological polar surface area (TPSA) is 26.3 Å². The standard InChI is InChI=1S/C9H18O2.C3H8/c1-3-5-6-7-8-9(10)11-4-2;1-3-2/h3-8H2,1-2H3;3H2,1-2H3. The van der Waals surface area contributed by atoms with Gasteiger partial charge in [-0.15, -0.1) is 0 Å². The van der Waals surface area contributed by atoms with Gasteiger partial charge in [0.25, 0.3) is 0 Å². The molecule has 0 aromatic rings. The fraction of sp³-hybridized carbons (Fsp3) is 0.917. The first-order valence-electron chi connectivity index (χ1n) is 5.88. The minimum atomic E-state index is -0.0522. The molecule has 0 rings (SSSR count). The van der Waals surface area contributed by atoms with Crippen LogP contribution in [0, 0.1) is 0 Å². The highest BCUT2D eigenvalue weighted by molar-refractivity contribution is 5.69. The van der Waals surface area contributed by atoms with E-state index in [0.717, 1.165) is 12.8 Å². The van der Waals surface area contributed by atoms with Gasteiger partial charge in [-0.05, 0) is 13.3 Å². The number of unbranched alkanes of at least 4 members (excludes halogenated alkanes) is 3. The SMILES string of the molecule is CCC.CCCCCCC(=O)OCC. The van der Waals surface area contributed by atoms with E-state index in [-0.39, 0.29) is 5.97 Å². The molecule has 0 saturated carbocycles. The molecule has 0 aliphatic carbocycles. The molecule has 0 radical (unpaired) electrons. The summed E-state index contributed by atoms with van der Waals surface area (Å²) in [5, 5.41) is 0. The van der Waals surface area contributed by atoms with E-state index in [0.29, 0.717) is 13.0 Å². The summed E-state index contributed by atoms with van der Waals surface area (Å²) in [6.07, 6.45) is 6.40. The molecule has 0 amide bonds. The molecule has 0 aromatic carbocycles. The van der Waals surface area contributed by atoms with Crippen molar-refractivity contribution in [2.24, 2.45) is 0 Å². The van der Waals surface area contributed by atoms with Gasteiger partial charge in [0.2, 0.25) is 0 Å². The smallest absolute Gasteiger partial charge is 0.305 e. The van der Waals surface area contributed by atoms with Crippen molar-refractivity contribution in [1.29, 1.82) is 0 Å². The van der Waals surface area contributed by atoms with E-state index < -0.39 is 0 Å². The fourth-order valence-corrected chi connectivity index (χ4v) is 0.929. The zero-order valence-corrected chi connectivity index (χ0v) is 10.3. The van der Waals surface area contributed by atoms with Gasteiger partial charge in [-0.3, -0.25) is 4.79 Å². The molecule has 0 aliphatic heterocycles. The number of carbonyl (C=O) groups is 1. The lowest BCUT2D eigenvalue weighted by molar-refractivity contribution is -0.143. The lowest BCUT2D eigenvalue weighted by Gasteiger charge is -2.00. The normalized spacial score (nSPS) is 8.86. The second-order valence-corrected chi connectivity index (χ2v) is 3.32. The second kappa shape index (κ2) is 15.0. The molecule has 0 unspecified atom stereocenters. The van der Waals surface area contributed by atoms with Gasteiger partial charge in [-0.1, -0.05) is 46.5 Å². The van der Waals surface area contributed by atoms with Crippen LogP contribution in [0.4, 0.5) is 0 Å². The van der Waals surface area contributed by atoms with Crippen LogP contribution < -0.4 is 0 Å². The van der Waals surface area contributed by atoms with E-state index in [2.05, 4.69) is 20.8 Å². The number of hydrogen-bond donors (Lipinski definition) is 0. The summed E-state index contributed by atoms with van der Waals surface area (Å²) in [5.74, 6) is -0.0522. The van der Waals surface area contributed by atoms with Crippen molar-refractivity contribution >= 4 is 5.97 Å². The Kier molecular flexibility index (Phi) is 17.0. The Morgan fingerprint density at radius 2 is 1.57 bits per heavy atom. The molecule has 0 N–H and O–H groups in total. The molecule has 2 heteroatoms. The first-order chi connectivity index (χ1) is 6.72. The lowest BCUT2D eigenvalue weighted by atomic mass is 10.2. The summed E-state index contributed by atoms with van der Waals surface area (Å²) in [7, 11) is 0. The molecule has 0 saturated heterocycles. The van der Waals surface area contributed by atoms with Crippen LogP contribution >= 0.6 is 0 Å².